The maximum Gasteiger partial charge on any atom is 0.228 e. The number of ether oxygens (including phenoxy) is 4. The lowest BCUT2D eigenvalue weighted by molar-refractivity contribution is 0.0244. The quantitative estimate of drug-likeness (QED) is 0.258. The summed E-state index contributed by atoms with van der Waals surface area (Å²) in [5, 5.41) is 14.6. The Labute approximate surface area is 205 Å². The number of aliphatic hydroxyl groups is 1. The van der Waals surface area contributed by atoms with Gasteiger partial charge in [-0.05, 0) is 17.7 Å². The summed E-state index contributed by atoms with van der Waals surface area (Å²) in [6.45, 7) is 6.01. The highest BCUT2D eigenvalue weighted by Gasteiger charge is 2.19. The zero-order valence-electron chi connectivity index (χ0n) is 20.5. The van der Waals surface area contributed by atoms with Crippen molar-refractivity contribution < 1.29 is 28.6 Å². The van der Waals surface area contributed by atoms with Crippen LogP contribution in [0.4, 0.5) is 0 Å². The van der Waals surface area contributed by atoms with Crippen LogP contribution >= 0.6 is 0 Å². The summed E-state index contributed by atoms with van der Waals surface area (Å²) >= 11 is 0. The second kappa shape index (κ2) is 13.5. The lowest BCUT2D eigenvalue weighted by atomic mass is 10.1. The number of nitrogens with zero attached hydrogens (tertiary/aromatic N) is 3. The third-order valence-electron chi connectivity index (χ3n) is 5.30. The molecule has 0 bridgehead atoms. The second-order valence-corrected chi connectivity index (χ2v) is 7.88. The van der Waals surface area contributed by atoms with E-state index in [0.717, 1.165) is 5.56 Å². The number of hydrogen-bond acceptors (Lipinski definition) is 9. The van der Waals surface area contributed by atoms with Crippen LogP contribution in [-0.4, -0.2) is 73.9 Å². The van der Waals surface area contributed by atoms with Crippen molar-refractivity contribution in [3.05, 3.63) is 66.6 Å². The molecule has 0 saturated carbocycles. The molecular formula is C26H33N3O6. The minimum atomic E-state index is -0.629. The molecule has 9 nitrogen and oxygen atoms in total. The third kappa shape index (κ3) is 7.54. The van der Waals surface area contributed by atoms with Gasteiger partial charge in [-0.25, -0.2) is 0 Å². The minimum Gasteiger partial charge on any atom is -0.493 e. The van der Waals surface area contributed by atoms with Gasteiger partial charge in [0.15, 0.2) is 11.5 Å². The maximum atomic E-state index is 10.4. The van der Waals surface area contributed by atoms with E-state index in [0.29, 0.717) is 67.2 Å². The van der Waals surface area contributed by atoms with Crippen molar-refractivity contribution in [1.29, 1.82) is 0 Å². The van der Waals surface area contributed by atoms with Crippen molar-refractivity contribution in [2.75, 3.05) is 47.6 Å². The van der Waals surface area contributed by atoms with Crippen molar-refractivity contribution in [1.82, 2.24) is 15.0 Å². The predicted molar refractivity (Wildman–Crippen MR) is 132 cm³/mol. The monoisotopic (exact) mass is 483 g/mol. The van der Waals surface area contributed by atoms with Crippen molar-refractivity contribution in [2.24, 2.45) is 0 Å². The topological polar surface area (TPSA) is 99.3 Å². The summed E-state index contributed by atoms with van der Waals surface area (Å²) in [6.07, 6.45) is 1.55. The van der Waals surface area contributed by atoms with Crippen LogP contribution in [0.3, 0.4) is 0 Å². The molecule has 1 heterocycles. The fraction of sp³-hybridized carbons (Fsp3) is 0.385. The predicted octanol–water partition coefficient (Wildman–Crippen LogP) is 3.37. The summed E-state index contributed by atoms with van der Waals surface area (Å²) in [5.41, 5.74) is 1.83. The van der Waals surface area contributed by atoms with Crippen LogP contribution in [0, 0.1) is 0 Å². The number of methoxy groups -OCH3 is 3. The molecule has 0 amide bonds. The van der Waals surface area contributed by atoms with Crippen LogP contribution in [-0.2, 0) is 17.7 Å². The number of rotatable bonds is 15. The molecule has 188 valence electrons. The fourth-order valence-corrected chi connectivity index (χ4v) is 3.65. The van der Waals surface area contributed by atoms with E-state index in [1.165, 1.54) is 0 Å². The Hall–Kier alpha value is -3.40. The van der Waals surface area contributed by atoms with Gasteiger partial charge in [-0.2, -0.15) is 4.98 Å². The highest BCUT2D eigenvalue weighted by Crippen LogP contribution is 2.40. The Bertz CT molecular complexity index is 1030. The Balaban J connectivity index is 1.70. The molecule has 0 unspecified atom stereocenters. The first-order chi connectivity index (χ1) is 17.1. The van der Waals surface area contributed by atoms with Crippen molar-refractivity contribution in [3.63, 3.8) is 0 Å². The van der Waals surface area contributed by atoms with Crippen LogP contribution in [0.2, 0.25) is 0 Å². The standard InChI is InChI=1S/C26H33N3O6/c1-5-13-34-18-21(30)17-29(16-19-9-7-6-8-10-19)12-11-24-27-26(28-35-24)20-14-22(31-2)25(33-4)23(15-20)32-3/h5-10,14-15,21,30H,1,11-13,16-18H2,2-4H3/t21-/m1/s1. The second-order valence-electron chi connectivity index (χ2n) is 7.88. The van der Waals surface area contributed by atoms with E-state index < -0.39 is 6.10 Å². The molecule has 3 rings (SSSR count). The summed E-state index contributed by atoms with van der Waals surface area (Å²) < 4.78 is 27.1. The first kappa shape index (κ1) is 26.2. The van der Waals surface area contributed by atoms with Gasteiger partial charge in [0.05, 0.1) is 40.6 Å². The lowest BCUT2D eigenvalue weighted by Gasteiger charge is -2.24. The van der Waals surface area contributed by atoms with Crippen LogP contribution in [0.25, 0.3) is 11.4 Å². The van der Waals surface area contributed by atoms with E-state index in [1.807, 2.05) is 18.2 Å². The highest BCUT2D eigenvalue weighted by molar-refractivity contribution is 5.66. The molecule has 35 heavy (non-hydrogen) atoms. The van der Waals surface area contributed by atoms with E-state index in [9.17, 15) is 5.11 Å². The minimum absolute atomic E-state index is 0.239. The molecule has 1 aromatic heterocycles. The summed E-state index contributed by atoms with van der Waals surface area (Å²) in [6, 6.07) is 13.6. The molecular weight excluding hydrogens is 450 g/mol. The van der Waals surface area contributed by atoms with E-state index in [-0.39, 0.29) is 6.61 Å². The Morgan fingerprint density at radius 2 is 1.80 bits per heavy atom. The Morgan fingerprint density at radius 1 is 1.09 bits per heavy atom. The van der Waals surface area contributed by atoms with Gasteiger partial charge < -0.3 is 28.6 Å². The van der Waals surface area contributed by atoms with Crippen molar-refractivity contribution >= 4 is 0 Å². The van der Waals surface area contributed by atoms with Crippen LogP contribution < -0.4 is 14.2 Å². The number of benzene rings is 2. The first-order valence-corrected chi connectivity index (χ1v) is 11.3. The van der Waals surface area contributed by atoms with Gasteiger partial charge in [0, 0.05) is 31.6 Å². The molecule has 0 saturated heterocycles. The lowest BCUT2D eigenvalue weighted by Crippen LogP contribution is -2.36. The van der Waals surface area contributed by atoms with Crippen LogP contribution in [0.15, 0.2) is 59.6 Å². The molecule has 2 aromatic carbocycles. The molecule has 0 aliphatic heterocycles. The molecule has 9 heteroatoms. The SMILES string of the molecule is C=CCOC[C@H](O)CN(CCc1nc(-c2cc(OC)c(OC)c(OC)c2)no1)Cc1ccccc1. The molecule has 0 radical (unpaired) electrons. The zero-order valence-corrected chi connectivity index (χ0v) is 20.5. The van der Waals surface area contributed by atoms with E-state index >= 15 is 0 Å². The maximum absolute atomic E-state index is 10.4. The molecule has 1 atom stereocenters. The van der Waals surface area contributed by atoms with Crippen LogP contribution in [0.1, 0.15) is 11.5 Å². The van der Waals surface area contributed by atoms with Gasteiger partial charge >= 0.3 is 0 Å². The molecule has 0 spiro atoms. The summed E-state index contributed by atoms with van der Waals surface area (Å²) in [5.74, 6) is 2.43. The Kier molecular flexibility index (Phi) is 10.1. The fourth-order valence-electron chi connectivity index (χ4n) is 3.65. The zero-order chi connectivity index (χ0) is 25.0. The van der Waals surface area contributed by atoms with E-state index in [1.54, 1.807) is 39.5 Å². The van der Waals surface area contributed by atoms with Gasteiger partial charge in [-0.15, -0.1) is 6.58 Å². The van der Waals surface area contributed by atoms with Gasteiger partial charge in [0.25, 0.3) is 0 Å². The van der Waals surface area contributed by atoms with E-state index in [2.05, 4.69) is 33.8 Å². The largest absolute Gasteiger partial charge is 0.493 e. The van der Waals surface area contributed by atoms with Crippen LogP contribution in [0.5, 0.6) is 17.2 Å². The molecule has 0 aliphatic rings. The van der Waals surface area contributed by atoms with Gasteiger partial charge in [-0.1, -0.05) is 41.6 Å². The Morgan fingerprint density at radius 3 is 2.43 bits per heavy atom. The first-order valence-electron chi connectivity index (χ1n) is 11.3. The molecule has 0 aliphatic carbocycles. The number of aliphatic hydroxyl groups excluding tert-OH is 1. The van der Waals surface area contributed by atoms with Crippen molar-refractivity contribution in [3.8, 4) is 28.6 Å². The highest BCUT2D eigenvalue weighted by atomic mass is 16.5. The molecule has 3 aromatic rings. The van der Waals surface area contributed by atoms with Gasteiger partial charge in [-0.3, -0.25) is 4.90 Å². The smallest absolute Gasteiger partial charge is 0.228 e. The summed E-state index contributed by atoms with van der Waals surface area (Å²) in [7, 11) is 4.66. The van der Waals surface area contributed by atoms with E-state index in [4.69, 9.17) is 23.5 Å². The number of aromatic nitrogens is 2. The third-order valence-corrected chi connectivity index (χ3v) is 5.30. The molecule has 0 fully saturated rings. The molecule has 1 N–H and O–H groups in total. The normalized spacial score (nSPS) is 11.9. The van der Waals surface area contributed by atoms with Crippen molar-refractivity contribution in [2.45, 2.75) is 19.1 Å². The van der Waals surface area contributed by atoms with Gasteiger partial charge in [0.1, 0.15) is 0 Å². The number of hydrogen-bond donors (Lipinski definition) is 1. The summed E-state index contributed by atoms with van der Waals surface area (Å²) in [4.78, 5) is 6.69. The average Bonchev–Trinajstić information content (AvgIpc) is 3.36. The van der Waals surface area contributed by atoms with Gasteiger partial charge in [0.2, 0.25) is 17.5 Å². The average molecular weight is 484 g/mol.